The highest BCUT2D eigenvalue weighted by atomic mass is 16.3. The van der Waals surface area contributed by atoms with Crippen LogP contribution < -0.4 is 10.7 Å². The first-order valence-corrected chi connectivity index (χ1v) is 8.36. The third-order valence-corrected chi connectivity index (χ3v) is 4.32. The summed E-state index contributed by atoms with van der Waals surface area (Å²) in [6.45, 7) is 0. The lowest BCUT2D eigenvalue weighted by molar-refractivity contribution is 0.425. The SMILES string of the molecule is Oc1cc(C=c2cnn3c(=NC4CC4)cc(-n4cccc4)nc23)c(O)[nH]1. The second-order valence-electron chi connectivity index (χ2n) is 6.36. The number of aromatic amines is 1. The number of fused-ring (bicyclic) bond motifs is 1. The molecule has 1 aliphatic rings. The van der Waals surface area contributed by atoms with Crippen LogP contribution in [0.5, 0.6) is 11.8 Å². The second kappa shape index (κ2) is 5.48. The van der Waals surface area contributed by atoms with E-state index in [-0.39, 0.29) is 11.8 Å². The molecule has 0 radical (unpaired) electrons. The molecule has 1 saturated carbocycles. The Bertz CT molecular complexity index is 1210. The minimum atomic E-state index is -0.105. The van der Waals surface area contributed by atoms with E-state index < -0.39 is 0 Å². The van der Waals surface area contributed by atoms with Crippen LogP contribution in [-0.2, 0) is 0 Å². The van der Waals surface area contributed by atoms with Gasteiger partial charge in [0.15, 0.2) is 22.9 Å². The molecule has 1 fully saturated rings. The Labute approximate surface area is 147 Å². The number of nitrogens with zero attached hydrogens (tertiary/aromatic N) is 5. The van der Waals surface area contributed by atoms with Crippen molar-refractivity contribution in [3.05, 3.63) is 59.1 Å². The molecule has 130 valence electrons. The lowest BCUT2D eigenvalue weighted by Crippen LogP contribution is -2.20. The average molecular weight is 348 g/mol. The molecule has 0 spiro atoms. The van der Waals surface area contributed by atoms with Gasteiger partial charge < -0.3 is 14.8 Å². The van der Waals surface area contributed by atoms with Gasteiger partial charge in [-0.25, -0.2) is 4.98 Å². The van der Waals surface area contributed by atoms with Crippen molar-refractivity contribution in [3.8, 4) is 17.6 Å². The highest BCUT2D eigenvalue weighted by Crippen LogP contribution is 2.23. The van der Waals surface area contributed by atoms with E-state index in [0.717, 1.165) is 29.4 Å². The van der Waals surface area contributed by atoms with Crippen molar-refractivity contribution in [2.75, 3.05) is 0 Å². The molecule has 0 unspecified atom stereocenters. The topological polar surface area (TPSA) is 104 Å². The number of rotatable bonds is 3. The first-order chi connectivity index (χ1) is 12.7. The van der Waals surface area contributed by atoms with E-state index in [0.29, 0.717) is 17.3 Å². The fourth-order valence-electron chi connectivity index (χ4n) is 2.88. The van der Waals surface area contributed by atoms with Crippen molar-refractivity contribution in [1.82, 2.24) is 24.1 Å². The van der Waals surface area contributed by atoms with Gasteiger partial charge in [-0.2, -0.15) is 9.61 Å². The molecule has 4 aromatic rings. The van der Waals surface area contributed by atoms with Crippen molar-refractivity contribution in [3.63, 3.8) is 0 Å². The fraction of sp³-hybridized carbons (Fsp3) is 0.167. The van der Waals surface area contributed by atoms with Gasteiger partial charge in [0.2, 0.25) is 0 Å². The van der Waals surface area contributed by atoms with Gasteiger partial charge in [0.25, 0.3) is 0 Å². The Hall–Kier alpha value is -3.55. The Morgan fingerprint density at radius 3 is 2.69 bits per heavy atom. The summed E-state index contributed by atoms with van der Waals surface area (Å²) >= 11 is 0. The second-order valence-corrected chi connectivity index (χ2v) is 6.36. The molecule has 8 heteroatoms. The van der Waals surface area contributed by atoms with E-state index in [2.05, 4.69) is 10.1 Å². The molecule has 0 amide bonds. The molecule has 1 aliphatic carbocycles. The van der Waals surface area contributed by atoms with Crippen molar-refractivity contribution in [1.29, 1.82) is 0 Å². The summed E-state index contributed by atoms with van der Waals surface area (Å²) in [5, 5.41) is 24.5. The van der Waals surface area contributed by atoms with E-state index in [1.807, 2.05) is 35.2 Å². The highest BCUT2D eigenvalue weighted by molar-refractivity contribution is 5.61. The Balaban J connectivity index is 1.78. The maximum absolute atomic E-state index is 9.87. The summed E-state index contributed by atoms with van der Waals surface area (Å²) in [7, 11) is 0. The zero-order chi connectivity index (χ0) is 17.7. The van der Waals surface area contributed by atoms with Crippen LogP contribution >= 0.6 is 0 Å². The normalized spacial score (nSPS) is 16.0. The van der Waals surface area contributed by atoms with Crippen LogP contribution in [0.1, 0.15) is 18.4 Å². The summed E-state index contributed by atoms with van der Waals surface area (Å²) in [5.74, 6) is 0.542. The molecule has 8 nitrogen and oxygen atoms in total. The molecule has 0 aromatic carbocycles. The number of hydrogen-bond acceptors (Lipinski definition) is 5. The number of hydrogen-bond donors (Lipinski definition) is 3. The van der Waals surface area contributed by atoms with Crippen LogP contribution in [0.15, 0.2) is 47.8 Å². The van der Waals surface area contributed by atoms with Gasteiger partial charge in [-0.3, -0.25) is 9.98 Å². The Morgan fingerprint density at radius 1 is 1.19 bits per heavy atom. The predicted molar refractivity (Wildman–Crippen MR) is 93.8 cm³/mol. The molecule has 5 rings (SSSR count). The number of nitrogens with one attached hydrogen (secondary N) is 1. The summed E-state index contributed by atoms with van der Waals surface area (Å²) in [4.78, 5) is 11.9. The van der Waals surface area contributed by atoms with Crippen LogP contribution in [0.3, 0.4) is 0 Å². The minimum Gasteiger partial charge on any atom is -0.494 e. The maximum atomic E-state index is 9.87. The number of aromatic nitrogens is 5. The van der Waals surface area contributed by atoms with Crippen molar-refractivity contribution < 1.29 is 10.2 Å². The predicted octanol–water partition coefficient (Wildman–Crippen LogP) is 0.870. The first-order valence-electron chi connectivity index (χ1n) is 8.36. The molecule has 0 aliphatic heterocycles. The molecule has 3 N–H and O–H groups in total. The quantitative estimate of drug-likeness (QED) is 0.511. The van der Waals surface area contributed by atoms with Gasteiger partial charge >= 0.3 is 0 Å². The molecular weight excluding hydrogens is 332 g/mol. The van der Waals surface area contributed by atoms with Gasteiger partial charge in [-0.1, -0.05) is 0 Å². The van der Waals surface area contributed by atoms with Crippen LogP contribution in [0, 0.1) is 0 Å². The summed E-state index contributed by atoms with van der Waals surface area (Å²) in [6.07, 6.45) is 9.45. The van der Waals surface area contributed by atoms with E-state index in [1.54, 1.807) is 16.8 Å². The summed E-state index contributed by atoms with van der Waals surface area (Å²) in [6, 6.07) is 7.59. The maximum Gasteiger partial charge on any atom is 0.198 e. The minimum absolute atomic E-state index is 0.101. The molecule has 0 saturated heterocycles. The van der Waals surface area contributed by atoms with Gasteiger partial charge in [0.1, 0.15) is 5.82 Å². The third kappa shape index (κ3) is 2.52. The molecule has 0 atom stereocenters. The van der Waals surface area contributed by atoms with E-state index >= 15 is 0 Å². The first kappa shape index (κ1) is 14.8. The van der Waals surface area contributed by atoms with Crippen LogP contribution in [-0.4, -0.2) is 40.4 Å². The number of aromatic hydroxyl groups is 2. The standard InChI is InChI=1S/C18H16N6O2/c25-16-8-11(18(26)22-16)7-12-10-19-24-15(20-13-3-4-13)9-14(21-17(12)24)23-5-1-2-6-23/h1-2,5-10,13,22,25-26H,3-4H2. The number of H-pyrrole nitrogens is 1. The van der Waals surface area contributed by atoms with Crippen LogP contribution in [0.25, 0.3) is 17.5 Å². The Kier molecular flexibility index (Phi) is 3.11. The summed E-state index contributed by atoms with van der Waals surface area (Å²) < 4.78 is 3.63. The molecular formula is C18H16N6O2. The monoisotopic (exact) mass is 348 g/mol. The van der Waals surface area contributed by atoms with Gasteiger partial charge in [0, 0.05) is 35.3 Å². The van der Waals surface area contributed by atoms with E-state index in [1.165, 1.54) is 6.07 Å². The molecule has 26 heavy (non-hydrogen) atoms. The Morgan fingerprint density at radius 2 is 2.00 bits per heavy atom. The zero-order valence-electron chi connectivity index (χ0n) is 13.7. The largest absolute Gasteiger partial charge is 0.494 e. The van der Waals surface area contributed by atoms with Crippen molar-refractivity contribution in [2.45, 2.75) is 18.9 Å². The van der Waals surface area contributed by atoms with E-state index in [9.17, 15) is 10.2 Å². The average Bonchev–Trinajstić information content (AvgIpc) is 3.01. The lowest BCUT2D eigenvalue weighted by Gasteiger charge is -2.03. The van der Waals surface area contributed by atoms with Crippen LogP contribution in [0.4, 0.5) is 0 Å². The molecule has 0 bridgehead atoms. The smallest absolute Gasteiger partial charge is 0.198 e. The fourth-order valence-corrected chi connectivity index (χ4v) is 2.88. The van der Waals surface area contributed by atoms with E-state index in [4.69, 9.17) is 9.98 Å². The van der Waals surface area contributed by atoms with Crippen LogP contribution in [0.2, 0.25) is 0 Å². The van der Waals surface area contributed by atoms with Gasteiger partial charge in [-0.15, -0.1) is 0 Å². The molecule has 4 heterocycles. The van der Waals surface area contributed by atoms with Gasteiger partial charge in [-0.05, 0) is 31.1 Å². The summed E-state index contributed by atoms with van der Waals surface area (Å²) in [5.41, 5.74) is 1.85. The lowest BCUT2D eigenvalue weighted by atomic mass is 10.2. The van der Waals surface area contributed by atoms with Gasteiger partial charge in [0.05, 0.1) is 12.2 Å². The zero-order valence-corrected chi connectivity index (χ0v) is 13.7. The van der Waals surface area contributed by atoms with Crippen molar-refractivity contribution in [2.24, 2.45) is 4.99 Å². The third-order valence-electron chi connectivity index (χ3n) is 4.32. The highest BCUT2D eigenvalue weighted by Gasteiger charge is 2.20. The molecule has 4 aromatic heterocycles. The van der Waals surface area contributed by atoms with Crippen molar-refractivity contribution >= 4 is 11.7 Å².